The predicted octanol–water partition coefficient (Wildman–Crippen LogP) is 3.85. The van der Waals surface area contributed by atoms with Gasteiger partial charge in [-0.3, -0.25) is 9.79 Å². The van der Waals surface area contributed by atoms with Crippen molar-refractivity contribution in [2.24, 2.45) is 10.9 Å². The Morgan fingerprint density at radius 2 is 1.90 bits per heavy atom. The number of aryl methyl sites for hydroxylation is 1. The summed E-state index contributed by atoms with van der Waals surface area (Å²) in [6, 6.07) is 12.0. The van der Waals surface area contributed by atoms with Crippen molar-refractivity contribution in [3.05, 3.63) is 59.4 Å². The SMILES string of the molecule is CN=C(NCc1ccc(Oc2ccc(F)cc2)c(C)c1)N1CCC(CC(=O)NC)CC1. The molecule has 1 aliphatic heterocycles. The van der Waals surface area contributed by atoms with E-state index in [1.165, 1.54) is 12.1 Å². The van der Waals surface area contributed by atoms with E-state index in [2.05, 4.69) is 26.6 Å². The van der Waals surface area contributed by atoms with Crippen LogP contribution in [0.1, 0.15) is 30.4 Å². The minimum Gasteiger partial charge on any atom is -0.457 e. The highest BCUT2D eigenvalue weighted by Gasteiger charge is 2.23. The van der Waals surface area contributed by atoms with Gasteiger partial charge in [-0.2, -0.15) is 0 Å². The zero-order valence-corrected chi connectivity index (χ0v) is 18.5. The third-order valence-electron chi connectivity index (χ3n) is 5.61. The van der Waals surface area contributed by atoms with E-state index in [1.807, 2.05) is 19.1 Å². The van der Waals surface area contributed by atoms with Crippen LogP contribution in [0.4, 0.5) is 4.39 Å². The zero-order chi connectivity index (χ0) is 22.2. The maximum atomic E-state index is 13.1. The molecule has 31 heavy (non-hydrogen) atoms. The van der Waals surface area contributed by atoms with Crippen LogP contribution in [0.3, 0.4) is 0 Å². The van der Waals surface area contributed by atoms with E-state index < -0.39 is 0 Å². The fourth-order valence-electron chi connectivity index (χ4n) is 3.79. The van der Waals surface area contributed by atoms with E-state index in [4.69, 9.17) is 4.74 Å². The van der Waals surface area contributed by atoms with Crippen molar-refractivity contribution in [1.82, 2.24) is 15.5 Å². The summed E-state index contributed by atoms with van der Waals surface area (Å²) in [6.07, 6.45) is 2.58. The van der Waals surface area contributed by atoms with Crippen LogP contribution in [0.25, 0.3) is 0 Å². The second-order valence-electron chi connectivity index (χ2n) is 7.86. The number of likely N-dealkylation sites (tertiary alicyclic amines) is 1. The Morgan fingerprint density at radius 3 is 2.52 bits per heavy atom. The molecule has 1 aliphatic rings. The first-order valence-electron chi connectivity index (χ1n) is 10.7. The lowest BCUT2D eigenvalue weighted by Crippen LogP contribution is -2.45. The summed E-state index contributed by atoms with van der Waals surface area (Å²) in [7, 11) is 3.48. The molecule has 2 N–H and O–H groups in total. The lowest BCUT2D eigenvalue weighted by Gasteiger charge is -2.34. The lowest BCUT2D eigenvalue weighted by atomic mass is 9.93. The number of nitrogens with one attached hydrogen (secondary N) is 2. The second-order valence-corrected chi connectivity index (χ2v) is 7.86. The van der Waals surface area contributed by atoms with E-state index >= 15 is 0 Å². The number of amides is 1. The first-order valence-corrected chi connectivity index (χ1v) is 10.7. The van der Waals surface area contributed by atoms with Crippen molar-refractivity contribution < 1.29 is 13.9 Å². The van der Waals surface area contributed by atoms with Crippen molar-refractivity contribution >= 4 is 11.9 Å². The summed E-state index contributed by atoms with van der Waals surface area (Å²) in [5, 5.41) is 6.15. The predicted molar refractivity (Wildman–Crippen MR) is 121 cm³/mol. The summed E-state index contributed by atoms with van der Waals surface area (Å²) in [5.74, 6) is 2.50. The maximum Gasteiger partial charge on any atom is 0.220 e. The number of rotatable bonds is 6. The molecule has 1 fully saturated rings. The Hall–Kier alpha value is -3.09. The summed E-state index contributed by atoms with van der Waals surface area (Å²) < 4.78 is 18.9. The Morgan fingerprint density at radius 1 is 1.19 bits per heavy atom. The number of guanidine groups is 1. The molecule has 0 spiro atoms. The highest BCUT2D eigenvalue weighted by molar-refractivity contribution is 5.80. The smallest absolute Gasteiger partial charge is 0.220 e. The highest BCUT2D eigenvalue weighted by Crippen LogP contribution is 2.26. The molecule has 0 aromatic heterocycles. The summed E-state index contributed by atoms with van der Waals surface area (Å²) >= 11 is 0. The van der Waals surface area contributed by atoms with Crippen LogP contribution in [0, 0.1) is 18.7 Å². The van der Waals surface area contributed by atoms with Gasteiger partial charge < -0.3 is 20.3 Å². The minimum atomic E-state index is -0.283. The van der Waals surface area contributed by atoms with Gasteiger partial charge in [-0.15, -0.1) is 0 Å². The molecule has 1 amide bonds. The largest absolute Gasteiger partial charge is 0.457 e. The first kappa shape index (κ1) is 22.6. The summed E-state index contributed by atoms with van der Waals surface area (Å²) in [5.41, 5.74) is 2.13. The fraction of sp³-hybridized carbons (Fsp3) is 0.417. The van der Waals surface area contributed by atoms with E-state index in [0.29, 0.717) is 24.6 Å². The molecule has 0 saturated carbocycles. The minimum absolute atomic E-state index is 0.114. The molecule has 6 nitrogen and oxygen atoms in total. The number of piperidine rings is 1. The van der Waals surface area contributed by atoms with Crippen LogP contribution in [0.2, 0.25) is 0 Å². The molecule has 0 aliphatic carbocycles. The average Bonchev–Trinajstić information content (AvgIpc) is 2.78. The van der Waals surface area contributed by atoms with Gasteiger partial charge in [0.05, 0.1) is 0 Å². The number of benzene rings is 2. The number of nitrogens with zero attached hydrogens (tertiary/aromatic N) is 2. The van der Waals surface area contributed by atoms with Crippen LogP contribution in [-0.2, 0) is 11.3 Å². The molecule has 2 aromatic rings. The van der Waals surface area contributed by atoms with Gasteiger partial charge in [0, 0.05) is 40.2 Å². The number of hydrogen-bond donors (Lipinski definition) is 2. The number of halogens is 1. The molecule has 3 rings (SSSR count). The van der Waals surface area contributed by atoms with Crippen molar-refractivity contribution in [2.45, 2.75) is 32.7 Å². The Kier molecular flexibility index (Phi) is 7.87. The van der Waals surface area contributed by atoms with Crippen LogP contribution in [-0.4, -0.2) is 44.0 Å². The number of carbonyl (C=O) groups is 1. The molecule has 1 saturated heterocycles. The quantitative estimate of drug-likeness (QED) is 0.544. The molecular weight excluding hydrogens is 395 g/mol. The van der Waals surface area contributed by atoms with Gasteiger partial charge >= 0.3 is 0 Å². The van der Waals surface area contributed by atoms with E-state index in [-0.39, 0.29) is 11.7 Å². The number of hydrogen-bond acceptors (Lipinski definition) is 3. The Balaban J connectivity index is 1.52. The van der Waals surface area contributed by atoms with Gasteiger partial charge in [0.2, 0.25) is 5.91 Å². The monoisotopic (exact) mass is 426 g/mol. The van der Waals surface area contributed by atoms with Crippen molar-refractivity contribution in [2.75, 3.05) is 27.2 Å². The molecule has 0 radical (unpaired) electrons. The van der Waals surface area contributed by atoms with E-state index in [0.717, 1.165) is 48.8 Å². The van der Waals surface area contributed by atoms with E-state index in [1.54, 1.807) is 26.2 Å². The maximum absolute atomic E-state index is 13.1. The zero-order valence-electron chi connectivity index (χ0n) is 18.5. The highest BCUT2D eigenvalue weighted by atomic mass is 19.1. The summed E-state index contributed by atoms with van der Waals surface area (Å²) in [4.78, 5) is 18.3. The van der Waals surface area contributed by atoms with Gasteiger partial charge in [0.1, 0.15) is 17.3 Å². The van der Waals surface area contributed by atoms with Crippen LogP contribution in [0.15, 0.2) is 47.5 Å². The standard InChI is InChI=1S/C24H31FN4O2/c1-17-14-19(4-9-22(17)31-21-7-5-20(25)6-8-21)16-28-24(27-3)29-12-10-18(11-13-29)15-23(30)26-2/h4-9,14,18H,10-13,15-16H2,1-3H3,(H,26,30)(H,27,28). The molecule has 7 heteroatoms. The third-order valence-corrected chi connectivity index (χ3v) is 5.61. The average molecular weight is 427 g/mol. The third kappa shape index (κ3) is 6.44. The summed E-state index contributed by atoms with van der Waals surface area (Å²) in [6.45, 7) is 4.44. The Bertz CT molecular complexity index is 906. The van der Waals surface area contributed by atoms with Crippen molar-refractivity contribution in [3.63, 3.8) is 0 Å². The molecule has 166 valence electrons. The first-order chi connectivity index (χ1) is 15.0. The number of ether oxygens (including phenoxy) is 1. The van der Waals surface area contributed by atoms with Gasteiger partial charge in [-0.25, -0.2) is 4.39 Å². The molecular formula is C24H31FN4O2. The van der Waals surface area contributed by atoms with Gasteiger partial charge in [-0.05, 0) is 67.1 Å². The van der Waals surface area contributed by atoms with Crippen LogP contribution >= 0.6 is 0 Å². The van der Waals surface area contributed by atoms with Crippen molar-refractivity contribution in [1.29, 1.82) is 0 Å². The van der Waals surface area contributed by atoms with Gasteiger partial charge in [0.15, 0.2) is 5.96 Å². The lowest BCUT2D eigenvalue weighted by molar-refractivity contribution is -0.121. The van der Waals surface area contributed by atoms with Gasteiger partial charge in [0.25, 0.3) is 0 Å². The van der Waals surface area contributed by atoms with Crippen LogP contribution in [0.5, 0.6) is 11.5 Å². The molecule has 2 aromatic carbocycles. The fourth-order valence-corrected chi connectivity index (χ4v) is 3.79. The van der Waals surface area contributed by atoms with Crippen LogP contribution < -0.4 is 15.4 Å². The van der Waals surface area contributed by atoms with Gasteiger partial charge in [-0.1, -0.05) is 12.1 Å². The number of carbonyl (C=O) groups excluding carboxylic acids is 1. The number of aliphatic imine (C=N–C) groups is 1. The molecule has 0 bridgehead atoms. The molecule has 0 unspecified atom stereocenters. The Labute approximate surface area is 183 Å². The van der Waals surface area contributed by atoms with E-state index in [9.17, 15) is 9.18 Å². The normalized spacial score (nSPS) is 15.0. The topological polar surface area (TPSA) is 66.0 Å². The molecule has 1 heterocycles. The van der Waals surface area contributed by atoms with Crippen molar-refractivity contribution in [3.8, 4) is 11.5 Å². The molecule has 0 atom stereocenters. The second kappa shape index (κ2) is 10.8.